The van der Waals surface area contributed by atoms with Gasteiger partial charge < -0.3 is 5.32 Å². The standard InChI is InChI=1S/C17H15Br2ClFN5O/c1-10-12(18)8-25(23-10)6-5-16(27)22-17-13(19)9-26(24-17)7-11-14(20)3-2-4-15(11)21/h2-4,8-9H,5-7H2,1H3,(H,22,24,27). The number of anilines is 1. The van der Waals surface area contributed by atoms with Crippen LogP contribution < -0.4 is 5.32 Å². The molecular weight excluding hydrogens is 504 g/mol. The van der Waals surface area contributed by atoms with Crippen LogP contribution in [0.5, 0.6) is 0 Å². The van der Waals surface area contributed by atoms with Crippen LogP contribution >= 0.6 is 43.5 Å². The van der Waals surface area contributed by atoms with Gasteiger partial charge >= 0.3 is 0 Å². The van der Waals surface area contributed by atoms with Crippen LogP contribution in [0.1, 0.15) is 17.7 Å². The Bertz CT molecular complexity index is 948. The molecule has 2 aromatic heterocycles. The van der Waals surface area contributed by atoms with E-state index in [-0.39, 0.29) is 18.9 Å². The number of hydrogen-bond donors (Lipinski definition) is 1. The zero-order chi connectivity index (χ0) is 19.6. The first kappa shape index (κ1) is 20.0. The van der Waals surface area contributed by atoms with Gasteiger partial charge in [0.05, 0.1) is 21.2 Å². The molecule has 27 heavy (non-hydrogen) atoms. The largest absolute Gasteiger partial charge is 0.308 e. The number of carbonyl (C=O) groups is 1. The van der Waals surface area contributed by atoms with Gasteiger partial charge in [-0.2, -0.15) is 10.2 Å². The lowest BCUT2D eigenvalue weighted by atomic mass is 10.2. The van der Waals surface area contributed by atoms with E-state index in [0.29, 0.717) is 27.4 Å². The van der Waals surface area contributed by atoms with Gasteiger partial charge in [-0.05, 0) is 50.9 Å². The topological polar surface area (TPSA) is 64.7 Å². The predicted octanol–water partition coefficient (Wildman–Crippen LogP) is 4.78. The maximum Gasteiger partial charge on any atom is 0.227 e. The predicted molar refractivity (Wildman–Crippen MR) is 108 cm³/mol. The summed E-state index contributed by atoms with van der Waals surface area (Å²) in [5.74, 6) is -0.236. The molecule has 10 heteroatoms. The highest BCUT2D eigenvalue weighted by Crippen LogP contribution is 2.24. The number of halogens is 4. The Morgan fingerprint density at radius 3 is 2.63 bits per heavy atom. The smallest absolute Gasteiger partial charge is 0.227 e. The molecule has 0 fully saturated rings. The summed E-state index contributed by atoms with van der Waals surface area (Å²) in [5, 5.41) is 11.6. The van der Waals surface area contributed by atoms with E-state index in [1.165, 1.54) is 10.7 Å². The summed E-state index contributed by atoms with van der Waals surface area (Å²) in [7, 11) is 0. The molecule has 2 heterocycles. The molecule has 1 amide bonds. The molecule has 0 radical (unpaired) electrons. The number of nitrogens with zero attached hydrogens (tertiary/aromatic N) is 4. The van der Waals surface area contributed by atoms with Crippen LogP contribution in [0.4, 0.5) is 10.2 Å². The van der Waals surface area contributed by atoms with Gasteiger partial charge in [-0.25, -0.2) is 4.39 Å². The number of rotatable bonds is 6. The summed E-state index contributed by atoms with van der Waals surface area (Å²) in [4.78, 5) is 12.2. The summed E-state index contributed by atoms with van der Waals surface area (Å²) in [6.07, 6.45) is 3.73. The van der Waals surface area contributed by atoms with Gasteiger partial charge in [0, 0.05) is 35.9 Å². The van der Waals surface area contributed by atoms with Gasteiger partial charge in [-0.1, -0.05) is 17.7 Å². The third-order valence-corrected chi connectivity index (χ3v) is 5.52. The van der Waals surface area contributed by atoms with Crippen LogP contribution in [0.2, 0.25) is 5.02 Å². The molecule has 0 atom stereocenters. The number of aromatic nitrogens is 4. The SMILES string of the molecule is Cc1nn(CCC(=O)Nc2nn(Cc3c(F)cccc3Cl)cc2Br)cc1Br. The number of amides is 1. The zero-order valence-corrected chi connectivity index (χ0v) is 18.1. The Kier molecular flexibility index (Phi) is 6.33. The van der Waals surface area contributed by atoms with E-state index >= 15 is 0 Å². The van der Waals surface area contributed by atoms with Crippen molar-refractivity contribution < 1.29 is 9.18 Å². The first-order chi connectivity index (χ1) is 12.8. The Hall–Kier alpha value is -1.71. The van der Waals surface area contributed by atoms with Crippen molar-refractivity contribution in [2.24, 2.45) is 0 Å². The first-order valence-corrected chi connectivity index (χ1v) is 9.95. The molecule has 0 saturated carbocycles. The molecule has 0 bridgehead atoms. The minimum atomic E-state index is -0.402. The summed E-state index contributed by atoms with van der Waals surface area (Å²) >= 11 is 12.8. The van der Waals surface area contributed by atoms with Crippen molar-refractivity contribution in [3.63, 3.8) is 0 Å². The minimum absolute atomic E-state index is 0.153. The molecule has 0 saturated heterocycles. The van der Waals surface area contributed by atoms with E-state index < -0.39 is 5.82 Å². The molecule has 3 aromatic rings. The van der Waals surface area contributed by atoms with E-state index in [1.54, 1.807) is 23.0 Å². The molecule has 0 spiro atoms. The van der Waals surface area contributed by atoms with Crippen LogP contribution in [0.3, 0.4) is 0 Å². The Morgan fingerprint density at radius 1 is 1.22 bits per heavy atom. The van der Waals surface area contributed by atoms with Gasteiger partial charge in [0.2, 0.25) is 5.91 Å². The summed E-state index contributed by atoms with van der Waals surface area (Å²) in [6, 6.07) is 4.51. The van der Waals surface area contributed by atoms with E-state index in [1.807, 2.05) is 13.1 Å². The highest BCUT2D eigenvalue weighted by Gasteiger charge is 2.14. The number of benzene rings is 1. The molecule has 1 aromatic carbocycles. The average Bonchev–Trinajstić information content (AvgIpc) is 3.11. The third-order valence-electron chi connectivity index (χ3n) is 3.81. The second-order valence-corrected chi connectivity index (χ2v) is 7.96. The van der Waals surface area contributed by atoms with Gasteiger partial charge in [0.25, 0.3) is 0 Å². The van der Waals surface area contributed by atoms with Crippen LogP contribution in [-0.2, 0) is 17.9 Å². The van der Waals surface area contributed by atoms with E-state index in [4.69, 9.17) is 11.6 Å². The van der Waals surface area contributed by atoms with Crippen molar-refractivity contribution in [2.75, 3.05) is 5.32 Å². The maximum atomic E-state index is 13.9. The van der Waals surface area contributed by atoms with Gasteiger partial charge in [-0.3, -0.25) is 14.2 Å². The van der Waals surface area contributed by atoms with Crippen molar-refractivity contribution in [1.82, 2.24) is 19.6 Å². The van der Waals surface area contributed by atoms with Crippen LogP contribution in [0, 0.1) is 12.7 Å². The van der Waals surface area contributed by atoms with Crippen LogP contribution in [0.25, 0.3) is 0 Å². The second kappa shape index (κ2) is 8.53. The Balaban J connectivity index is 1.63. The van der Waals surface area contributed by atoms with E-state index in [2.05, 4.69) is 47.4 Å². The molecule has 0 aliphatic heterocycles. The number of hydrogen-bond acceptors (Lipinski definition) is 3. The Labute approximate surface area is 177 Å². The van der Waals surface area contributed by atoms with E-state index in [0.717, 1.165) is 10.2 Å². The monoisotopic (exact) mass is 517 g/mol. The van der Waals surface area contributed by atoms with Crippen LogP contribution in [0.15, 0.2) is 39.5 Å². The maximum absolute atomic E-state index is 13.9. The van der Waals surface area contributed by atoms with Crippen molar-refractivity contribution in [2.45, 2.75) is 26.4 Å². The van der Waals surface area contributed by atoms with Crippen molar-refractivity contribution in [3.8, 4) is 0 Å². The second-order valence-electron chi connectivity index (χ2n) is 5.85. The highest BCUT2D eigenvalue weighted by atomic mass is 79.9. The molecule has 0 unspecified atom stereocenters. The summed E-state index contributed by atoms with van der Waals surface area (Å²) in [6.45, 7) is 2.48. The molecule has 6 nitrogen and oxygen atoms in total. The molecule has 142 valence electrons. The molecule has 0 aliphatic rings. The van der Waals surface area contributed by atoms with Crippen molar-refractivity contribution in [1.29, 1.82) is 0 Å². The molecule has 1 N–H and O–H groups in total. The lowest BCUT2D eigenvalue weighted by Crippen LogP contribution is -2.15. The quantitative estimate of drug-likeness (QED) is 0.510. The molecule has 3 rings (SSSR count). The number of nitrogens with one attached hydrogen (secondary N) is 1. The third kappa shape index (κ3) is 4.97. The lowest BCUT2D eigenvalue weighted by Gasteiger charge is -2.06. The summed E-state index contributed by atoms with van der Waals surface area (Å²) < 4.78 is 18.6. The number of carbonyl (C=O) groups excluding carboxylic acids is 1. The normalized spacial score (nSPS) is 11.0. The Morgan fingerprint density at radius 2 is 1.96 bits per heavy atom. The van der Waals surface area contributed by atoms with Gasteiger partial charge in [0.1, 0.15) is 5.82 Å². The summed E-state index contributed by atoms with van der Waals surface area (Å²) in [5.41, 5.74) is 1.20. The fourth-order valence-electron chi connectivity index (χ4n) is 2.43. The zero-order valence-electron chi connectivity index (χ0n) is 14.2. The number of aryl methyl sites for hydroxylation is 2. The fraction of sp³-hybridized carbons (Fsp3) is 0.235. The highest BCUT2D eigenvalue weighted by molar-refractivity contribution is 9.10. The minimum Gasteiger partial charge on any atom is -0.308 e. The fourth-order valence-corrected chi connectivity index (χ4v) is 3.38. The first-order valence-electron chi connectivity index (χ1n) is 7.98. The molecular formula is C17H15Br2ClFN5O. The van der Waals surface area contributed by atoms with Crippen LogP contribution in [-0.4, -0.2) is 25.5 Å². The molecule has 0 aliphatic carbocycles. The average molecular weight is 520 g/mol. The van der Waals surface area contributed by atoms with Gasteiger partial charge in [0.15, 0.2) is 5.82 Å². The van der Waals surface area contributed by atoms with Gasteiger partial charge in [-0.15, -0.1) is 0 Å². The van der Waals surface area contributed by atoms with E-state index in [9.17, 15) is 9.18 Å². The van der Waals surface area contributed by atoms with Crippen molar-refractivity contribution >= 4 is 55.2 Å². The lowest BCUT2D eigenvalue weighted by molar-refractivity contribution is -0.116. The van der Waals surface area contributed by atoms with Crippen molar-refractivity contribution in [3.05, 3.63) is 61.6 Å².